The van der Waals surface area contributed by atoms with E-state index in [0.29, 0.717) is 18.7 Å². The molecule has 1 aromatic rings. The third-order valence-electron chi connectivity index (χ3n) is 2.02. The number of rotatable bonds is 5. The van der Waals surface area contributed by atoms with Gasteiger partial charge in [0.05, 0.1) is 11.8 Å². The Morgan fingerprint density at radius 3 is 2.83 bits per heavy atom. The summed E-state index contributed by atoms with van der Waals surface area (Å²) in [5.74, 6) is 0. The second kappa shape index (κ2) is 6.18. The van der Waals surface area contributed by atoms with Crippen molar-refractivity contribution in [3.05, 3.63) is 18.0 Å². The van der Waals surface area contributed by atoms with Gasteiger partial charge in [0.15, 0.2) is 6.29 Å². The van der Waals surface area contributed by atoms with Crippen molar-refractivity contribution in [2.24, 2.45) is 0 Å². The van der Waals surface area contributed by atoms with Crippen LogP contribution in [-0.2, 0) is 11.3 Å². The second-order valence-electron chi connectivity index (χ2n) is 4.94. The molecule has 100 valence electrons. The molecule has 0 aliphatic rings. The zero-order valence-corrected chi connectivity index (χ0v) is 11.0. The lowest BCUT2D eigenvalue weighted by Gasteiger charge is -2.19. The molecule has 0 unspecified atom stereocenters. The van der Waals surface area contributed by atoms with Crippen LogP contribution in [0.15, 0.2) is 12.4 Å². The highest BCUT2D eigenvalue weighted by atomic mass is 16.6. The van der Waals surface area contributed by atoms with Crippen molar-refractivity contribution in [2.75, 3.05) is 6.54 Å². The van der Waals surface area contributed by atoms with Crippen LogP contribution in [0.5, 0.6) is 0 Å². The number of aldehydes is 1. The Bertz CT molecular complexity index is 407. The summed E-state index contributed by atoms with van der Waals surface area (Å²) in [5, 5.41) is 6.66. The molecule has 0 bridgehead atoms. The maximum atomic E-state index is 11.3. The van der Waals surface area contributed by atoms with E-state index >= 15 is 0 Å². The lowest BCUT2D eigenvalue weighted by molar-refractivity contribution is 0.0526. The van der Waals surface area contributed by atoms with Gasteiger partial charge < -0.3 is 10.1 Å². The first-order valence-electron chi connectivity index (χ1n) is 5.85. The summed E-state index contributed by atoms with van der Waals surface area (Å²) in [7, 11) is 0. The largest absolute Gasteiger partial charge is 0.444 e. The summed E-state index contributed by atoms with van der Waals surface area (Å²) in [6.07, 6.45) is 4.23. The number of aryl methyl sites for hydroxylation is 1. The first-order chi connectivity index (χ1) is 8.40. The monoisotopic (exact) mass is 253 g/mol. The Morgan fingerprint density at radius 1 is 1.56 bits per heavy atom. The maximum Gasteiger partial charge on any atom is 0.407 e. The Morgan fingerprint density at radius 2 is 2.28 bits per heavy atom. The number of carbonyl (C=O) groups excluding carboxylic acids is 2. The quantitative estimate of drug-likeness (QED) is 0.639. The SMILES string of the molecule is CC(C)(C)OC(=O)NCCCn1cc(C=O)cn1. The molecule has 0 radical (unpaired) electrons. The Balaban J connectivity index is 2.19. The summed E-state index contributed by atoms with van der Waals surface area (Å²) < 4.78 is 6.76. The van der Waals surface area contributed by atoms with Crippen LogP contribution < -0.4 is 5.32 Å². The minimum atomic E-state index is -0.481. The van der Waals surface area contributed by atoms with Crippen LogP contribution in [0.3, 0.4) is 0 Å². The number of aromatic nitrogens is 2. The van der Waals surface area contributed by atoms with Crippen molar-refractivity contribution < 1.29 is 14.3 Å². The van der Waals surface area contributed by atoms with Crippen molar-refractivity contribution in [2.45, 2.75) is 39.3 Å². The number of amides is 1. The number of carbonyl (C=O) groups is 2. The highest BCUT2D eigenvalue weighted by Crippen LogP contribution is 2.06. The van der Waals surface area contributed by atoms with Crippen molar-refractivity contribution in [3.8, 4) is 0 Å². The number of ether oxygens (including phenoxy) is 1. The van der Waals surface area contributed by atoms with E-state index in [0.717, 1.165) is 12.7 Å². The highest BCUT2D eigenvalue weighted by Gasteiger charge is 2.15. The van der Waals surface area contributed by atoms with Crippen LogP contribution in [0.25, 0.3) is 0 Å². The molecular formula is C12H19N3O3. The molecule has 6 heteroatoms. The van der Waals surface area contributed by atoms with Gasteiger partial charge in [-0.2, -0.15) is 5.10 Å². The number of hydrogen-bond donors (Lipinski definition) is 1. The van der Waals surface area contributed by atoms with E-state index in [4.69, 9.17) is 4.74 Å². The van der Waals surface area contributed by atoms with Gasteiger partial charge >= 0.3 is 6.09 Å². The van der Waals surface area contributed by atoms with Crippen LogP contribution in [0.2, 0.25) is 0 Å². The molecule has 1 aromatic heterocycles. The molecule has 0 aliphatic carbocycles. The summed E-state index contributed by atoms with van der Waals surface area (Å²) in [6.45, 7) is 6.60. The van der Waals surface area contributed by atoms with Crippen LogP contribution >= 0.6 is 0 Å². The topological polar surface area (TPSA) is 73.2 Å². The van der Waals surface area contributed by atoms with E-state index in [9.17, 15) is 9.59 Å². The minimum Gasteiger partial charge on any atom is -0.444 e. The van der Waals surface area contributed by atoms with E-state index in [-0.39, 0.29) is 0 Å². The molecule has 18 heavy (non-hydrogen) atoms. The van der Waals surface area contributed by atoms with Gasteiger partial charge in [-0.1, -0.05) is 0 Å². The standard InChI is InChI=1S/C12H19N3O3/c1-12(2,3)18-11(17)13-5-4-6-15-8-10(9-16)7-14-15/h7-9H,4-6H2,1-3H3,(H,13,17). The van der Waals surface area contributed by atoms with E-state index in [1.54, 1.807) is 10.9 Å². The fourth-order valence-electron chi connectivity index (χ4n) is 1.31. The van der Waals surface area contributed by atoms with Gasteiger partial charge in [0, 0.05) is 19.3 Å². The van der Waals surface area contributed by atoms with Crippen molar-refractivity contribution in [1.29, 1.82) is 0 Å². The van der Waals surface area contributed by atoms with Gasteiger partial charge in [0.1, 0.15) is 5.60 Å². The molecular weight excluding hydrogens is 234 g/mol. The summed E-state index contributed by atoms with van der Waals surface area (Å²) in [6, 6.07) is 0. The predicted octanol–water partition coefficient (Wildman–Crippen LogP) is 1.61. The fourth-order valence-corrected chi connectivity index (χ4v) is 1.31. The van der Waals surface area contributed by atoms with E-state index < -0.39 is 11.7 Å². The summed E-state index contributed by atoms with van der Waals surface area (Å²) in [4.78, 5) is 21.8. The zero-order chi connectivity index (χ0) is 13.6. The smallest absolute Gasteiger partial charge is 0.407 e. The van der Waals surface area contributed by atoms with Crippen molar-refractivity contribution >= 4 is 12.4 Å². The van der Waals surface area contributed by atoms with Crippen LogP contribution in [0, 0.1) is 0 Å². The number of nitrogens with zero attached hydrogens (tertiary/aromatic N) is 2. The molecule has 6 nitrogen and oxygen atoms in total. The number of hydrogen-bond acceptors (Lipinski definition) is 4. The van der Waals surface area contributed by atoms with Gasteiger partial charge in [-0.25, -0.2) is 4.79 Å². The maximum absolute atomic E-state index is 11.3. The molecule has 1 rings (SSSR count). The first-order valence-corrected chi connectivity index (χ1v) is 5.85. The number of nitrogens with one attached hydrogen (secondary N) is 1. The van der Waals surface area contributed by atoms with Crippen molar-refractivity contribution in [3.63, 3.8) is 0 Å². The van der Waals surface area contributed by atoms with Gasteiger partial charge in [-0.15, -0.1) is 0 Å². The molecule has 0 aliphatic heterocycles. The normalized spacial score (nSPS) is 11.1. The predicted molar refractivity (Wildman–Crippen MR) is 66.5 cm³/mol. The zero-order valence-electron chi connectivity index (χ0n) is 11.0. The molecule has 0 saturated heterocycles. The molecule has 1 heterocycles. The lowest BCUT2D eigenvalue weighted by atomic mass is 10.2. The summed E-state index contributed by atoms with van der Waals surface area (Å²) >= 11 is 0. The Kier molecular flexibility index (Phi) is 4.88. The highest BCUT2D eigenvalue weighted by molar-refractivity contribution is 5.73. The molecule has 1 amide bonds. The molecule has 0 aromatic carbocycles. The molecule has 0 saturated carbocycles. The minimum absolute atomic E-state index is 0.420. The van der Waals surface area contributed by atoms with Crippen molar-refractivity contribution in [1.82, 2.24) is 15.1 Å². The average molecular weight is 253 g/mol. The molecule has 0 fully saturated rings. The molecule has 0 atom stereocenters. The first kappa shape index (κ1) is 14.2. The van der Waals surface area contributed by atoms with Crippen LogP contribution in [-0.4, -0.2) is 34.3 Å². The third-order valence-corrected chi connectivity index (χ3v) is 2.02. The fraction of sp³-hybridized carbons (Fsp3) is 0.583. The lowest BCUT2D eigenvalue weighted by Crippen LogP contribution is -2.33. The van der Waals surface area contributed by atoms with Gasteiger partial charge in [0.2, 0.25) is 0 Å². The van der Waals surface area contributed by atoms with Gasteiger partial charge in [-0.3, -0.25) is 9.48 Å². The third kappa shape index (κ3) is 5.47. The Labute approximate surface area is 106 Å². The van der Waals surface area contributed by atoms with Gasteiger partial charge in [-0.05, 0) is 27.2 Å². The Hall–Kier alpha value is -1.85. The van der Waals surface area contributed by atoms with E-state index in [1.165, 1.54) is 6.20 Å². The van der Waals surface area contributed by atoms with Crippen LogP contribution in [0.1, 0.15) is 37.6 Å². The average Bonchev–Trinajstić information content (AvgIpc) is 2.70. The van der Waals surface area contributed by atoms with Gasteiger partial charge in [0.25, 0.3) is 0 Å². The number of alkyl carbamates (subject to hydrolysis) is 1. The van der Waals surface area contributed by atoms with E-state index in [2.05, 4.69) is 10.4 Å². The molecule has 1 N–H and O–H groups in total. The summed E-state index contributed by atoms with van der Waals surface area (Å²) in [5.41, 5.74) is 0.0698. The molecule has 0 spiro atoms. The van der Waals surface area contributed by atoms with E-state index in [1.807, 2.05) is 20.8 Å². The van der Waals surface area contributed by atoms with Crippen LogP contribution in [0.4, 0.5) is 4.79 Å². The second-order valence-corrected chi connectivity index (χ2v) is 4.94.